The van der Waals surface area contributed by atoms with Gasteiger partial charge in [-0.1, -0.05) is 6.42 Å². The van der Waals surface area contributed by atoms with Crippen LogP contribution in [0.4, 0.5) is 10.1 Å². The van der Waals surface area contributed by atoms with Crippen LogP contribution in [0.15, 0.2) is 21.5 Å². The second-order valence-electron chi connectivity index (χ2n) is 4.87. The summed E-state index contributed by atoms with van der Waals surface area (Å²) in [5, 5.41) is 0. The highest BCUT2D eigenvalue weighted by molar-refractivity contribution is 9.10. The largest absolute Gasteiger partial charge is 0.398 e. The number of hydrogen-bond donors (Lipinski definition) is 2. The van der Waals surface area contributed by atoms with Crippen molar-refractivity contribution in [2.45, 2.75) is 28.9 Å². The van der Waals surface area contributed by atoms with Crippen molar-refractivity contribution in [3.8, 4) is 0 Å². The first-order valence-corrected chi connectivity index (χ1v) is 9.59. The summed E-state index contributed by atoms with van der Waals surface area (Å²) in [6.07, 6.45) is 5.01. The highest BCUT2D eigenvalue weighted by Crippen LogP contribution is 2.42. The lowest BCUT2D eigenvalue weighted by molar-refractivity contribution is 0.361. The number of halogens is 2. The van der Waals surface area contributed by atoms with Crippen LogP contribution in [-0.4, -0.2) is 26.0 Å². The fourth-order valence-electron chi connectivity index (χ4n) is 2.08. The van der Waals surface area contributed by atoms with E-state index in [4.69, 9.17) is 5.73 Å². The lowest BCUT2D eigenvalue weighted by Crippen LogP contribution is -2.45. The van der Waals surface area contributed by atoms with Gasteiger partial charge >= 0.3 is 0 Å². The van der Waals surface area contributed by atoms with Gasteiger partial charge in [0, 0.05) is 21.5 Å². The Bertz CT molecular complexity index is 613. The average Bonchev–Trinajstić information content (AvgIpc) is 2.32. The number of nitrogens with two attached hydrogens (primary N) is 1. The number of nitrogen functional groups attached to an aromatic ring is 1. The van der Waals surface area contributed by atoms with E-state index in [0.29, 0.717) is 11.0 Å². The van der Waals surface area contributed by atoms with Crippen LogP contribution in [-0.2, 0) is 10.0 Å². The number of thioether (sulfide) groups is 1. The Balaban J connectivity index is 2.20. The van der Waals surface area contributed by atoms with Crippen LogP contribution in [0.25, 0.3) is 0 Å². The molecular weight excluding hydrogens is 367 g/mol. The molecule has 1 fully saturated rings. The summed E-state index contributed by atoms with van der Waals surface area (Å²) >= 11 is 4.72. The maximum atomic E-state index is 13.8. The van der Waals surface area contributed by atoms with E-state index in [1.807, 2.05) is 6.26 Å². The number of hydrogen-bond acceptors (Lipinski definition) is 4. The summed E-state index contributed by atoms with van der Waals surface area (Å²) < 4.78 is 41.0. The van der Waals surface area contributed by atoms with E-state index < -0.39 is 20.7 Å². The Hall–Kier alpha value is -0.310. The topological polar surface area (TPSA) is 72.2 Å². The number of anilines is 1. The van der Waals surface area contributed by atoms with Gasteiger partial charge in [-0.25, -0.2) is 17.5 Å². The molecule has 0 bridgehead atoms. The van der Waals surface area contributed by atoms with Crippen molar-refractivity contribution in [1.29, 1.82) is 0 Å². The third kappa shape index (κ3) is 3.13. The third-order valence-electron chi connectivity index (χ3n) is 3.62. The lowest BCUT2D eigenvalue weighted by atomic mass is 9.84. The summed E-state index contributed by atoms with van der Waals surface area (Å²) in [6.45, 7) is 0.311. The summed E-state index contributed by atoms with van der Waals surface area (Å²) in [4.78, 5) is -0.409. The zero-order valence-electron chi connectivity index (χ0n) is 10.9. The number of benzene rings is 1. The van der Waals surface area contributed by atoms with Gasteiger partial charge in [-0.2, -0.15) is 11.8 Å². The SMILES string of the molecule is CSC1(CNS(=O)(=O)c2cc(N)c(Br)cc2F)CCC1. The van der Waals surface area contributed by atoms with Crippen molar-refractivity contribution in [3.05, 3.63) is 22.4 Å². The predicted molar refractivity (Wildman–Crippen MR) is 83.8 cm³/mol. The molecule has 1 aromatic carbocycles. The normalized spacial score (nSPS) is 17.8. The molecule has 0 aromatic heterocycles. The van der Waals surface area contributed by atoms with Crippen molar-refractivity contribution >= 4 is 43.4 Å². The molecule has 2 rings (SSSR count). The molecule has 0 unspecified atom stereocenters. The lowest BCUT2D eigenvalue weighted by Gasteiger charge is -2.40. The molecule has 1 aromatic rings. The standard InChI is InChI=1S/C12H16BrFN2O2S2/c1-19-12(3-2-4-12)7-16-20(17,18)11-6-10(15)8(13)5-9(11)14/h5-6,16H,2-4,7,15H2,1H3. The average molecular weight is 383 g/mol. The number of sulfonamides is 1. The minimum Gasteiger partial charge on any atom is -0.398 e. The smallest absolute Gasteiger partial charge is 0.243 e. The zero-order valence-corrected chi connectivity index (χ0v) is 14.2. The second kappa shape index (κ2) is 5.82. The predicted octanol–water partition coefficient (Wildman–Crippen LogP) is 2.73. The van der Waals surface area contributed by atoms with Gasteiger partial charge in [-0.3, -0.25) is 0 Å². The van der Waals surface area contributed by atoms with Crippen LogP contribution in [0.1, 0.15) is 19.3 Å². The Morgan fingerprint density at radius 1 is 1.50 bits per heavy atom. The zero-order chi connectivity index (χ0) is 15.0. The monoisotopic (exact) mass is 382 g/mol. The first-order valence-electron chi connectivity index (χ1n) is 6.09. The van der Waals surface area contributed by atoms with E-state index in [9.17, 15) is 12.8 Å². The van der Waals surface area contributed by atoms with Crippen molar-refractivity contribution < 1.29 is 12.8 Å². The van der Waals surface area contributed by atoms with Crippen LogP contribution in [0.3, 0.4) is 0 Å². The van der Waals surface area contributed by atoms with Crippen molar-refractivity contribution in [1.82, 2.24) is 4.72 Å². The Morgan fingerprint density at radius 3 is 2.65 bits per heavy atom. The van der Waals surface area contributed by atoms with Gasteiger partial charge < -0.3 is 5.73 Å². The van der Waals surface area contributed by atoms with Gasteiger partial charge in [0.2, 0.25) is 10.0 Å². The molecule has 0 saturated heterocycles. The van der Waals surface area contributed by atoms with Crippen LogP contribution in [0.5, 0.6) is 0 Å². The van der Waals surface area contributed by atoms with Crippen molar-refractivity contribution in [2.75, 3.05) is 18.5 Å². The van der Waals surface area contributed by atoms with Crippen LogP contribution in [0.2, 0.25) is 0 Å². The maximum Gasteiger partial charge on any atom is 0.243 e. The van der Waals surface area contributed by atoms with Gasteiger partial charge in [0.15, 0.2) is 0 Å². The molecule has 8 heteroatoms. The minimum atomic E-state index is -3.89. The number of nitrogens with one attached hydrogen (secondary N) is 1. The molecule has 0 radical (unpaired) electrons. The van der Waals surface area contributed by atoms with Crippen LogP contribution < -0.4 is 10.5 Å². The van der Waals surface area contributed by atoms with Crippen molar-refractivity contribution in [2.24, 2.45) is 0 Å². The van der Waals surface area contributed by atoms with Crippen LogP contribution in [0, 0.1) is 5.82 Å². The van der Waals surface area contributed by atoms with E-state index in [2.05, 4.69) is 20.7 Å². The molecule has 112 valence electrons. The van der Waals surface area contributed by atoms with Gasteiger partial charge in [0.1, 0.15) is 10.7 Å². The van der Waals surface area contributed by atoms with Gasteiger partial charge in [0.25, 0.3) is 0 Å². The van der Waals surface area contributed by atoms with Gasteiger partial charge in [-0.15, -0.1) is 0 Å². The molecule has 0 aliphatic heterocycles. The van der Waals surface area contributed by atoms with Crippen molar-refractivity contribution in [3.63, 3.8) is 0 Å². The van der Waals surface area contributed by atoms with E-state index in [0.717, 1.165) is 31.4 Å². The van der Waals surface area contributed by atoms with E-state index in [1.165, 1.54) is 0 Å². The fraction of sp³-hybridized carbons (Fsp3) is 0.500. The molecule has 0 amide bonds. The molecular formula is C12H16BrFN2O2S2. The third-order valence-corrected chi connectivity index (χ3v) is 7.14. The van der Waals surface area contributed by atoms with Gasteiger partial charge in [-0.05, 0) is 47.2 Å². The molecule has 4 nitrogen and oxygen atoms in total. The highest BCUT2D eigenvalue weighted by Gasteiger charge is 2.37. The summed E-state index contributed by atoms with van der Waals surface area (Å²) in [6, 6.07) is 2.20. The Labute approximate surface area is 130 Å². The number of rotatable bonds is 5. The molecule has 20 heavy (non-hydrogen) atoms. The Kier molecular flexibility index (Phi) is 4.68. The summed E-state index contributed by atoms with van der Waals surface area (Å²) in [5.41, 5.74) is 5.81. The molecule has 3 N–H and O–H groups in total. The van der Waals surface area contributed by atoms with Gasteiger partial charge in [0.05, 0.1) is 0 Å². The molecule has 0 atom stereocenters. The molecule has 1 aliphatic carbocycles. The Morgan fingerprint density at radius 2 is 2.15 bits per heavy atom. The van der Waals surface area contributed by atoms with Crippen LogP contribution >= 0.6 is 27.7 Å². The fourth-order valence-corrected chi connectivity index (χ4v) is 4.62. The second-order valence-corrected chi connectivity index (χ2v) is 8.73. The molecule has 1 saturated carbocycles. The molecule has 1 aliphatic rings. The van der Waals surface area contributed by atoms with E-state index in [-0.39, 0.29) is 10.4 Å². The summed E-state index contributed by atoms with van der Waals surface area (Å²) in [5.74, 6) is -0.814. The minimum absolute atomic E-state index is 0.0511. The molecule has 0 spiro atoms. The first kappa shape index (κ1) is 16.1. The van der Waals surface area contributed by atoms with E-state index >= 15 is 0 Å². The van der Waals surface area contributed by atoms with E-state index in [1.54, 1.807) is 11.8 Å². The summed E-state index contributed by atoms with van der Waals surface area (Å²) in [7, 11) is -3.89. The maximum absolute atomic E-state index is 13.8. The quantitative estimate of drug-likeness (QED) is 0.767. The highest BCUT2D eigenvalue weighted by atomic mass is 79.9. The first-order chi connectivity index (χ1) is 9.30. The molecule has 0 heterocycles.